The van der Waals surface area contributed by atoms with E-state index in [-0.39, 0.29) is 12.5 Å². The zero-order valence-corrected chi connectivity index (χ0v) is 22.9. The van der Waals surface area contributed by atoms with E-state index >= 15 is 0 Å². The third kappa shape index (κ3) is 5.91. The molecule has 0 aliphatic rings. The second-order valence-corrected chi connectivity index (χ2v) is 10.2. The Morgan fingerprint density at radius 3 is 2.58 bits per heavy atom. The van der Waals surface area contributed by atoms with Crippen LogP contribution in [-0.2, 0) is 13.1 Å². The molecule has 3 heterocycles. The van der Waals surface area contributed by atoms with Crippen molar-refractivity contribution >= 4 is 39.8 Å². The fourth-order valence-electron chi connectivity index (χ4n) is 4.43. The van der Waals surface area contributed by atoms with Crippen LogP contribution in [0.4, 0.5) is 20.4 Å². The van der Waals surface area contributed by atoms with Crippen molar-refractivity contribution in [1.82, 2.24) is 20.3 Å². The molecular weight excluding hydrogens is 530 g/mol. The molecule has 2 aromatic carbocycles. The van der Waals surface area contributed by atoms with Gasteiger partial charge in [0.15, 0.2) is 11.6 Å². The summed E-state index contributed by atoms with van der Waals surface area (Å²) in [6, 6.07) is 17.3. The number of hydrogen-bond acceptors (Lipinski definition) is 7. The first kappa shape index (κ1) is 27.1. The summed E-state index contributed by atoms with van der Waals surface area (Å²) in [6.07, 6.45) is 3.22. The second-order valence-electron chi connectivity index (χ2n) is 9.05. The van der Waals surface area contributed by atoms with Gasteiger partial charge in [-0.2, -0.15) is 0 Å². The van der Waals surface area contributed by atoms with Crippen molar-refractivity contribution in [3.8, 4) is 10.4 Å². The number of anilines is 2. The maximum atomic E-state index is 13.5. The molecule has 0 radical (unpaired) electrons. The lowest BCUT2D eigenvalue weighted by molar-refractivity contribution is 0.0951. The van der Waals surface area contributed by atoms with E-state index in [1.807, 2.05) is 6.07 Å². The number of fused-ring (bicyclic) bond motifs is 1. The molecule has 5 aromatic rings. The van der Waals surface area contributed by atoms with Crippen molar-refractivity contribution in [2.75, 3.05) is 23.3 Å². The minimum absolute atomic E-state index is 0.0609. The van der Waals surface area contributed by atoms with Gasteiger partial charge < -0.3 is 15.5 Å². The van der Waals surface area contributed by atoms with Crippen LogP contribution in [0.3, 0.4) is 0 Å². The van der Waals surface area contributed by atoms with E-state index in [9.17, 15) is 13.6 Å². The summed E-state index contributed by atoms with van der Waals surface area (Å²) in [5, 5.41) is 7.02. The number of benzene rings is 2. The van der Waals surface area contributed by atoms with Gasteiger partial charge in [0.05, 0.1) is 17.6 Å². The molecule has 0 atom stereocenters. The van der Waals surface area contributed by atoms with Gasteiger partial charge in [0, 0.05) is 41.0 Å². The third-order valence-corrected chi connectivity index (χ3v) is 7.68. The maximum absolute atomic E-state index is 13.5. The Bertz CT molecular complexity index is 1650. The van der Waals surface area contributed by atoms with Crippen molar-refractivity contribution in [2.45, 2.75) is 26.9 Å². The summed E-state index contributed by atoms with van der Waals surface area (Å²) < 4.78 is 26.7. The van der Waals surface area contributed by atoms with E-state index in [0.29, 0.717) is 23.5 Å². The van der Waals surface area contributed by atoms with Crippen molar-refractivity contribution in [1.29, 1.82) is 0 Å². The molecule has 1 amide bonds. The Kier molecular flexibility index (Phi) is 8.26. The van der Waals surface area contributed by atoms with Crippen molar-refractivity contribution in [3.63, 3.8) is 0 Å². The Morgan fingerprint density at radius 2 is 1.77 bits per heavy atom. The van der Waals surface area contributed by atoms with Crippen LogP contribution in [0.25, 0.3) is 21.3 Å². The summed E-state index contributed by atoms with van der Waals surface area (Å²) in [4.78, 5) is 30.6. The number of halogens is 2. The molecule has 0 fully saturated rings. The molecule has 40 heavy (non-hydrogen) atoms. The summed E-state index contributed by atoms with van der Waals surface area (Å²) in [6.45, 7) is 6.49. The number of hydrogen-bond donors (Lipinski definition) is 2. The lowest BCUT2D eigenvalue weighted by atomic mass is 10.1. The van der Waals surface area contributed by atoms with Crippen molar-refractivity contribution < 1.29 is 13.6 Å². The number of amides is 1. The molecule has 0 aliphatic carbocycles. The van der Waals surface area contributed by atoms with Gasteiger partial charge in [0.1, 0.15) is 18.0 Å². The Balaban J connectivity index is 1.28. The Labute approximate surface area is 234 Å². The monoisotopic (exact) mass is 558 g/mol. The summed E-state index contributed by atoms with van der Waals surface area (Å²) >= 11 is 1.65. The molecule has 0 aliphatic heterocycles. The van der Waals surface area contributed by atoms with Crippen molar-refractivity contribution in [3.05, 3.63) is 101 Å². The molecule has 0 unspecified atom stereocenters. The standard InChI is InChI=1S/C30H28F2N6OS/c1-3-38(4-2)29-23-15-20(8-11-26(23)36-18-37-29)27-12-9-21(40-27)17-34-28-22(6-5-13-33-28)30(39)35-16-19-7-10-24(31)25(32)14-19/h5-15,18H,3-4,16-17H2,1-2H3,(H,33,34)(H,35,39). The van der Waals surface area contributed by atoms with Crippen molar-refractivity contribution in [2.24, 2.45) is 0 Å². The Hall–Kier alpha value is -4.44. The van der Waals surface area contributed by atoms with Crippen LogP contribution in [0.15, 0.2) is 73.2 Å². The smallest absolute Gasteiger partial charge is 0.255 e. The average Bonchev–Trinajstić information content (AvgIpc) is 3.46. The first-order valence-electron chi connectivity index (χ1n) is 13.0. The highest BCUT2D eigenvalue weighted by Crippen LogP contribution is 2.33. The van der Waals surface area contributed by atoms with E-state index in [0.717, 1.165) is 57.3 Å². The van der Waals surface area contributed by atoms with Crippen LogP contribution in [0.1, 0.15) is 34.6 Å². The minimum atomic E-state index is -0.952. The fourth-order valence-corrected chi connectivity index (χ4v) is 5.37. The predicted molar refractivity (Wildman–Crippen MR) is 156 cm³/mol. The summed E-state index contributed by atoms with van der Waals surface area (Å²) in [5.74, 6) is -0.876. The zero-order valence-electron chi connectivity index (χ0n) is 22.1. The van der Waals surface area contributed by atoms with E-state index in [1.165, 1.54) is 6.07 Å². The largest absolute Gasteiger partial charge is 0.365 e. The molecule has 3 aromatic heterocycles. The molecule has 0 saturated carbocycles. The second kappa shape index (κ2) is 12.2. The maximum Gasteiger partial charge on any atom is 0.255 e. The van der Waals surface area contributed by atoms with E-state index in [4.69, 9.17) is 0 Å². The molecule has 0 bridgehead atoms. The molecule has 204 valence electrons. The molecule has 2 N–H and O–H groups in total. The first-order chi connectivity index (χ1) is 19.5. The van der Waals surface area contributed by atoms with Crippen LogP contribution < -0.4 is 15.5 Å². The molecule has 10 heteroatoms. The van der Waals surface area contributed by atoms with Crippen LogP contribution in [-0.4, -0.2) is 33.9 Å². The SMILES string of the molecule is CCN(CC)c1ncnc2ccc(-c3ccc(CNc4ncccc4C(=O)NCc4ccc(F)c(F)c4)s3)cc12. The third-order valence-electron chi connectivity index (χ3n) is 6.54. The van der Waals surface area contributed by atoms with Gasteiger partial charge >= 0.3 is 0 Å². The molecule has 7 nitrogen and oxygen atoms in total. The van der Waals surface area contributed by atoms with Crippen LogP contribution in [0, 0.1) is 11.6 Å². The number of aromatic nitrogens is 3. The van der Waals surface area contributed by atoms with Gasteiger partial charge in [-0.1, -0.05) is 12.1 Å². The van der Waals surface area contributed by atoms with Gasteiger partial charge in [-0.05, 0) is 73.5 Å². The number of pyridine rings is 1. The minimum Gasteiger partial charge on any atom is -0.365 e. The number of rotatable bonds is 10. The van der Waals surface area contributed by atoms with E-state index < -0.39 is 11.6 Å². The van der Waals surface area contributed by atoms with Gasteiger partial charge in [0.2, 0.25) is 0 Å². The number of nitrogens with zero attached hydrogens (tertiary/aromatic N) is 4. The molecule has 0 saturated heterocycles. The van der Waals surface area contributed by atoms with Crippen LogP contribution in [0.2, 0.25) is 0 Å². The number of carbonyl (C=O) groups is 1. The van der Waals surface area contributed by atoms with E-state index in [2.05, 4.69) is 68.6 Å². The summed E-state index contributed by atoms with van der Waals surface area (Å²) in [5.41, 5.74) is 2.81. The Morgan fingerprint density at radius 1 is 0.925 bits per heavy atom. The van der Waals surface area contributed by atoms with E-state index in [1.54, 1.807) is 36.0 Å². The van der Waals surface area contributed by atoms with Gasteiger partial charge in [0.25, 0.3) is 5.91 Å². The highest BCUT2D eigenvalue weighted by molar-refractivity contribution is 7.15. The highest BCUT2D eigenvalue weighted by atomic mass is 32.1. The molecule has 5 rings (SSSR count). The zero-order chi connectivity index (χ0) is 28.1. The highest BCUT2D eigenvalue weighted by Gasteiger charge is 2.14. The van der Waals surface area contributed by atoms with Crippen LogP contribution >= 0.6 is 11.3 Å². The number of carbonyl (C=O) groups excluding carboxylic acids is 1. The summed E-state index contributed by atoms with van der Waals surface area (Å²) in [7, 11) is 0. The molecule has 0 spiro atoms. The number of nitrogens with one attached hydrogen (secondary N) is 2. The number of thiophene rings is 1. The van der Waals surface area contributed by atoms with Gasteiger partial charge in [-0.3, -0.25) is 4.79 Å². The lowest BCUT2D eigenvalue weighted by Gasteiger charge is -2.21. The molecular formula is C30H28F2N6OS. The van der Waals surface area contributed by atoms with Gasteiger partial charge in [-0.15, -0.1) is 11.3 Å². The van der Waals surface area contributed by atoms with Gasteiger partial charge in [-0.25, -0.2) is 23.7 Å². The first-order valence-corrected chi connectivity index (χ1v) is 13.8. The van der Waals surface area contributed by atoms with Crippen LogP contribution in [0.5, 0.6) is 0 Å². The topological polar surface area (TPSA) is 83.0 Å². The normalized spacial score (nSPS) is 11.0. The predicted octanol–water partition coefficient (Wildman–Crippen LogP) is 6.42. The fraction of sp³-hybridized carbons (Fsp3) is 0.200. The lowest BCUT2D eigenvalue weighted by Crippen LogP contribution is -2.24. The quantitative estimate of drug-likeness (QED) is 0.206. The average molecular weight is 559 g/mol.